The molecule has 1 aromatic heterocycles. The Morgan fingerprint density at radius 1 is 0.632 bits per heavy atom. The Labute approximate surface area is 114 Å². The van der Waals surface area contributed by atoms with Gasteiger partial charge in [-0.2, -0.15) is 0 Å². The van der Waals surface area contributed by atoms with Crippen LogP contribution in [0, 0.1) is 0 Å². The van der Waals surface area contributed by atoms with E-state index in [1.807, 2.05) is 30.3 Å². The molecule has 0 N–H and O–H groups in total. The molecule has 2 nitrogen and oxygen atoms in total. The molecule has 19 heavy (non-hydrogen) atoms. The maximum Gasteiger partial charge on any atom is 0.0909 e. The number of rotatable bonds is 0. The first-order valence-electron chi connectivity index (χ1n) is 6.05. The fourth-order valence-electron chi connectivity index (χ4n) is 2.34. The molecule has 0 aliphatic carbocycles. The van der Waals surface area contributed by atoms with Crippen molar-refractivity contribution in [2.45, 2.75) is 0 Å². The summed E-state index contributed by atoms with van der Waals surface area (Å²) in [5, 5.41) is 3.03. The zero-order chi connectivity index (χ0) is 12.8. The van der Waals surface area contributed by atoms with Crippen molar-refractivity contribution >= 4 is 44.4 Å². The van der Waals surface area contributed by atoms with E-state index in [1.54, 1.807) is 0 Å². The topological polar surface area (TPSA) is 25.8 Å². The molecule has 0 atom stereocenters. The Morgan fingerprint density at radius 2 is 1.21 bits per heavy atom. The van der Waals surface area contributed by atoms with E-state index in [-0.39, 0.29) is 0 Å². The van der Waals surface area contributed by atoms with E-state index in [9.17, 15) is 0 Å². The quantitative estimate of drug-likeness (QED) is 0.434. The highest BCUT2D eigenvalue weighted by molar-refractivity contribution is 6.31. The lowest BCUT2D eigenvalue weighted by Crippen LogP contribution is -1.87. The van der Waals surface area contributed by atoms with Crippen LogP contribution in [0.2, 0.25) is 5.02 Å². The van der Waals surface area contributed by atoms with Crippen molar-refractivity contribution in [2.75, 3.05) is 0 Å². The highest BCUT2D eigenvalue weighted by Crippen LogP contribution is 2.23. The number of fused-ring (bicyclic) bond motifs is 3. The first kappa shape index (κ1) is 10.7. The summed E-state index contributed by atoms with van der Waals surface area (Å²) in [6.07, 6.45) is 0. The van der Waals surface area contributed by atoms with Gasteiger partial charge in [-0.05, 0) is 41.1 Å². The fourth-order valence-corrected chi connectivity index (χ4v) is 2.50. The first-order valence-corrected chi connectivity index (χ1v) is 6.43. The second kappa shape index (κ2) is 3.90. The first-order chi connectivity index (χ1) is 9.29. The predicted molar refractivity (Wildman–Crippen MR) is 79.6 cm³/mol. The summed E-state index contributed by atoms with van der Waals surface area (Å²) in [5.41, 5.74) is 3.50. The van der Waals surface area contributed by atoms with Crippen LogP contribution >= 0.6 is 11.6 Å². The van der Waals surface area contributed by atoms with Gasteiger partial charge in [-0.1, -0.05) is 35.9 Å². The van der Waals surface area contributed by atoms with E-state index in [0.29, 0.717) is 5.02 Å². The van der Waals surface area contributed by atoms with E-state index in [1.165, 1.54) is 10.8 Å². The van der Waals surface area contributed by atoms with Gasteiger partial charge in [0.1, 0.15) is 0 Å². The Hall–Kier alpha value is -2.19. The number of aromatic nitrogens is 2. The molecule has 0 saturated carbocycles. The molecule has 4 rings (SSSR count). The molecule has 90 valence electrons. The minimum atomic E-state index is 0.682. The summed E-state index contributed by atoms with van der Waals surface area (Å²) < 4.78 is 0. The maximum absolute atomic E-state index is 6.00. The number of hydrogen-bond donors (Lipinski definition) is 0. The summed E-state index contributed by atoms with van der Waals surface area (Å²) in [6.45, 7) is 0. The Kier molecular flexibility index (Phi) is 2.20. The van der Waals surface area contributed by atoms with Crippen LogP contribution in [-0.4, -0.2) is 9.97 Å². The average molecular weight is 265 g/mol. The van der Waals surface area contributed by atoms with Crippen molar-refractivity contribution in [2.24, 2.45) is 0 Å². The number of nitrogens with zero attached hydrogens (tertiary/aromatic N) is 2. The lowest BCUT2D eigenvalue weighted by atomic mass is 10.1. The van der Waals surface area contributed by atoms with Gasteiger partial charge in [0.05, 0.1) is 22.1 Å². The van der Waals surface area contributed by atoms with Crippen LogP contribution in [0.4, 0.5) is 0 Å². The summed E-state index contributed by atoms with van der Waals surface area (Å²) in [6, 6.07) is 18.0. The number of hydrogen-bond acceptors (Lipinski definition) is 2. The molecular formula is C16H9ClN2. The SMILES string of the molecule is Clc1ccc2nc3cc4ccccc4cc3nc2c1. The van der Waals surface area contributed by atoms with Crippen LogP contribution in [0.25, 0.3) is 32.8 Å². The van der Waals surface area contributed by atoms with E-state index >= 15 is 0 Å². The Balaban J connectivity index is 2.16. The zero-order valence-corrected chi connectivity index (χ0v) is 10.7. The lowest BCUT2D eigenvalue weighted by molar-refractivity contribution is 1.40. The van der Waals surface area contributed by atoms with Gasteiger partial charge in [0.25, 0.3) is 0 Å². The van der Waals surface area contributed by atoms with Gasteiger partial charge in [0.15, 0.2) is 0 Å². The van der Waals surface area contributed by atoms with Crippen molar-refractivity contribution in [3.63, 3.8) is 0 Å². The molecule has 1 heterocycles. The van der Waals surface area contributed by atoms with Gasteiger partial charge in [0, 0.05) is 5.02 Å². The van der Waals surface area contributed by atoms with Crippen molar-refractivity contribution in [3.8, 4) is 0 Å². The zero-order valence-electron chi connectivity index (χ0n) is 9.97. The van der Waals surface area contributed by atoms with Crippen molar-refractivity contribution in [1.29, 1.82) is 0 Å². The molecule has 0 bridgehead atoms. The molecule has 0 saturated heterocycles. The molecule has 4 aromatic rings. The Morgan fingerprint density at radius 3 is 1.89 bits per heavy atom. The van der Waals surface area contributed by atoms with Gasteiger partial charge in [-0.3, -0.25) is 0 Å². The van der Waals surface area contributed by atoms with Gasteiger partial charge in [-0.25, -0.2) is 9.97 Å². The molecule has 0 radical (unpaired) electrons. The van der Waals surface area contributed by atoms with E-state index in [4.69, 9.17) is 11.6 Å². The van der Waals surface area contributed by atoms with Crippen LogP contribution in [0.5, 0.6) is 0 Å². The molecule has 3 heteroatoms. The largest absolute Gasteiger partial charge is 0.244 e. The van der Waals surface area contributed by atoms with E-state index in [0.717, 1.165) is 22.1 Å². The third-order valence-corrected chi connectivity index (χ3v) is 3.50. The van der Waals surface area contributed by atoms with E-state index in [2.05, 4.69) is 34.2 Å². The highest BCUT2D eigenvalue weighted by atomic mass is 35.5. The van der Waals surface area contributed by atoms with Crippen LogP contribution in [0.15, 0.2) is 54.6 Å². The summed E-state index contributed by atoms with van der Waals surface area (Å²) in [5.74, 6) is 0. The van der Waals surface area contributed by atoms with Gasteiger partial charge >= 0.3 is 0 Å². The van der Waals surface area contributed by atoms with E-state index < -0.39 is 0 Å². The molecule has 3 aromatic carbocycles. The summed E-state index contributed by atoms with van der Waals surface area (Å²) in [4.78, 5) is 9.29. The normalized spacial score (nSPS) is 11.4. The molecular weight excluding hydrogens is 256 g/mol. The standard InChI is InChI=1S/C16H9ClN2/c17-12-5-6-13-16(9-12)19-15-8-11-4-2-1-3-10(11)7-14(15)18-13/h1-9H. The third-order valence-electron chi connectivity index (χ3n) is 3.26. The lowest BCUT2D eigenvalue weighted by Gasteiger charge is -2.03. The van der Waals surface area contributed by atoms with Crippen LogP contribution in [-0.2, 0) is 0 Å². The molecule has 0 aliphatic rings. The van der Waals surface area contributed by atoms with Crippen LogP contribution in [0.1, 0.15) is 0 Å². The maximum atomic E-state index is 6.00. The summed E-state index contributed by atoms with van der Waals surface area (Å²) in [7, 11) is 0. The van der Waals surface area contributed by atoms with Gasteiger partial charge in [-0.15, -0.1) is 0 Å². The minimum absolute atomic E-state index is 0.682. The average Bonchev–Trinajstić information content (AvgIpc) is 2.43. The van der Waals surface area contributed by atoms with Crippen LogP contribution in [0.3, 0.4) is 0 Å². The molecule has 0 aliphatic heterocycles. The molecule has 0 fully saturated rings. The molecule has 0 spiro atoms. The Bertz CT molecular complexity index is 931. The van der Waals surface area contributed by atoms with Crippen molar-refractivity contribution in [3.05, 3.63) is 59.6 Å². The highest BCUT2D eigenvalue weighted by Gasteiger charge is 2.04. The smallest absolute Gasteiger partial charge is 0.0909 e. The fraction of sp³-hybridized carbons (Fsp3) is 0. The minimum Gasteiger partial charge on any atom is -0.244 e. The van der Waals surface area contributed by atoms with Crippen LogP contribution < -0.4 is 0 Å². The number of benzene rings is 3. The van der Waals surface area contributed by atoms with Crippen molar-refractivity contribution < 1.29 is 0 Å². The van der Waals surface area contributed by atoms with Gasteiger partial charge in [0.2, 0.25) is 0 Å². The van der Waals surface area contributed by atoms with Gasteiger partial charge < -0.3 is 0 Å². The monoisotopic (exact) mass is 264 g/mol. The molecule has 0 amide bonds. The predicted octanol–water partition coefficient (Wildman–Crippen LogP) is 4.59. The third kappa shape index (κ3) is 1.72. The van der Waals surface area contributed by atoms with Crippen molar-refractivity contribution in [1.82, 2.24) is 9.97 Å². The second-order valence-electron chi connectivity index (χ2n) is 4.54. The second-order valence-corrected chi connectivity index (χ2v) is 4.98. The summed E-state index contributed by atoms with van der Waals surface area (Å²) >= 11 is 6.00. The molecule has 0 unspecified atom stereocenters. The number of halogens is 1.